The molecule has 2 heterocycles. The zero-order valence-electron chi connectivity index (χ0n) is 12.2. The summed E-state index contributed by atoms with van der Waals surface area (Å²) in [5.74, 6) is 0.130. The van der Waals surface area contributed by atoms with E-state index in [1.54, 1.807) is 17.5 Å². The monoisotopic (exact) mass is 337 g/mol. The van der Waals surface area contributed by atoms with Crippen molar-refractivity contribution in [1.29, 1.82) is 0 Å². The summed E-state index contributed by atoms with van der Waals surface area (Å²) >= 11 is 1.59. The molecule has 5 nitrogen and oxygen atoms in total. The number of sulfonamides is 1. The van der Waals surface area contributed by atoms with E-state index in [0.29, 0.717) is 13.0 Å². The number of nitrogens with zero attached hydrogens (tertiary/aromatic N) is 2. The van der Waals surface area contributed by atoms with E-state index in [0.717, 1.165) is 23.7 Å². The highest BCUT2D eigenvalue weighted by atomic mass is 32.2. The van der Waals surface area contributed by atoms with Crippen molar-refractivity contribution in [2.75, 3.05) is 23.7 Å². The Morgan fingerprint density at radius 1 is 1.32 bits per heavy atom. The van der Waals surface area contributed by atoms with E-state index < -0.39 is 10.0 Å². The molecule has 2 aromatic rings. The van der Waals surface area contributed by atoms with Crippen LogP contribution < -0.4 is 9.62 Å². The highest BCUT2D eigenvalue weighted by Crippen LogP contribution is 2.22. The topological polar surface area (TPSA) is 62.3 Å². The van der Waals surface area contributed by atoms with Gasteiger partial charge in [0.15, 0.2) is 5.13 Å². The van der Waals surface area contributed by atoms with Gasteiger partial charge in [-0.15, -0.1) is 11.3 Å². The molecule has 0 amide bonds. The maximum absolute atomic E-state index is 12.2. The van der Waals surface area contributed by atoms with Crippen molar-refractivity contribution in [3.8, 4) is 0 Å². The highest BCUT2D eigenvalue weighted by molar-refractivity contribution is 7.89. The van der Waals surface area contributed by atoms with Gasteiger partial charge in [0.1, 0.15) is 0 Å². The van der Waals surface area contributed by atoms with E-state index in [1.165, 1.54) is 0 Å². The zero-order valence-corrected chi connectivity index (χ0v) is 13.8. The molecule has 7 heteroatoms. The predicted octanol–water partition coefficient (Wildman–Crippen LogP) is 1.88. The summed E-state index contributed by atoms with van der Waals surface area (Å²) in [4.78, 5) is 6.41. The van der Waals surface area contributed by atoms with Gasteiger partial charge in [-0.1, -0.05) is 30.3 Å². The first-order valence-corrected chi connectivity index (χ1v) is 9.84. The standard InChI is InChI=1S/C15H19N3O2S2/c19-22(20,11-7-13-4-2-1-3-5-13)17-14-6-9-18(12-14)15-16-8-10-21-15/h1-5,8,10,14,17H,6-7,9,11-12H2. The summed E-state index contributed by atoms with van der Waals surface area (Å²) in [6, 6.07) is 9.67. The Morgan fingerprint density at radius 3 is 2.86 bits per heavy atom. The van der Waals surface area contributed by atoms with Gasteiger partial charge >= 0.3 is 0 Å². The molecule has 1 aromatic heterocycles. The minimum Gasteiger partial charge on any atom is -0.346 e. The first-order valence-electron chi connectivity index (χ1n) is 7.31. The smallest absolute Gasteiger partial charge is 0.212 e. The lowest BCUT2D eigenvalue weighted by Gasteiger charge is -2.16. The molecule has 1 aromatic carbocycles. The number of rotatable bonds is 6. The van der Waals surface area contributed by atoms with Crippen molar-refractivity contribution >= 4 is 26.5 Å². The normalized spacial score (nSPS) is 18.7. The van der Waals surface area contributed by atoms with E-state index in [1.807, 2.05) is 35.7 Å². The Labute approximate surface area is 135 Å². The summed E-state index contributed by atoms with van der Waals surface area (Å²) in [5.41, 5.74) is 1.05. The van der Waals surface area contributed by atoms with Gasteiger partial charge in [-0.2, -0.15) is 0 Å². The van der Waals surface area contributed by atoms with Gasteiger partial charge in [0.25, 0.3) is 0 Å². The number of hydrogen-bond acceptors (Lipinski definition) is 5. The SMILES string of the molecule is O=S(=O)(CCc1ccccc1)NC1CCN(c2nccs2)C1. The molecule has 3 rings (SSSR count). The molecule has 22 heavy (non-hydrogen) atoms. The number of anilines is 1. The van der Waals surface area contributed by atoms with E-state index in [-0.39, 0.29) is 11.8 Å². The maximum atomic E-state index is 12.2. The van der Waals surface area contributed by atoms with Crippen LogP contribution in [0.25, 0.3) is 0 Å². The van der Waals surface area contributed by atoms with Crippen molar-refractivity contribution in [1.82, 2.24) is 9.71 Å². The van der Waals surface area contributed by atoms with Crippen LogP contribution in [0.3, 0.4) is 0 Å². The molecule has 1 N–H and O–H groups in total. The zero-order chi connectivity index (χ0) is 15.4. The van der Waals surface area contributed by atoms with Gasteiger partial charge in [0.2, 0.25) is 10.0 Å². The van der Waals surface area contributed by atoms with Crippen molar-refractivity contribution < 1.29 is 8.42 Å². The Hall–Kier alpha value is -1.44. The largest absolute Gasteiger partial charge is 0.346 e. The van der Waals surface area contributed by atoms with Crippen molar-refractivity contribution in [2.45, 2.75) is 18.9 Å². The molecular weight excluding hydrogens is 318 g/mol. The summed E-state index contributed by atoms with van der Waals surface area (Å²) in [7, 11) is -3.25. The van der Waals surface area contributed by atoms with E-state index in [2.05, 4.69) is 14.6 Å². The van der Waals surface area contributed by atoms with E-state index in [4.69, 9.17) is 0 Å². The minimum absolute atomic E-state index is 0.0235. The quantitative estimate of drug-likeness (QED) is 0.874. The second-order valence-electron chi connectivity index (χ2n) is 5.42. The van der Waals surface area contributed by atoms with E-state index >= 15 is 0 Å². The number of aryl methyl sites for hydroxylation is 1. The number of benzene rings is 1. The molecule has 0 aliphatic carbocycles. The number of aromatic nitrogens is 1. The highest BCUT2D eigenvalue weighted by Gasteiger charge is 2.27. The Balaban J connectivity index is 1.52. The van der Waals surface area contributed by atoms with Gasteiger partial charge in [0, 0.05) is 30.7 Å². The van der Waals surface area contributed by atoms with Crippen LogP contribution in [-0.4, -0.2) is 38.3 Å². The van der Waals surface area contributed by atoms with Crippen LogP contribution in [0, 0.1) is 0 Å². The summed E-state index contributed by atoms with van der Waals surface area (Å²) in [5, 5.41) is 2.90. The Morgan fingerprint density at radius 2 is 2.14 bits per heavy atom. The van der Waals surface area contributed by atoms with Crippen LogP contribution >= 0.6 is 11.3 Å². The average molecular weight is 337 g/mol. The van der Waals surface area contributed by atoms with Gasteiger partial charge in [-0.25, -0.2) is 18.1 Å². The third kappa shape index (κ3) is 4.06. The van der Waals surface area contributed by atoms with Crippen LogP contribution in [0.1, 0.15) is 12.0 Å². The molecule has 0 bridgehead atoms. The fourth-order valence-corrected chi connectivity index (χ4v) is 4.61. The van der Waals surface area contributed by atoms with Crippen LogP contribution in [0.2, 0.25) is 0 Å². The maximum Gasteiger partial charge on any atom is 0.212 e. The number of nitrogens with one attached hydrogen (secondary N) is 1. The number of thiazole rings is 1. The summed E-state index contributed by atoms with van der Waals surface area (Å²) in [6.07, 6.45) is 3.14. The van der Waals surface area contributed by atoms with Gasteiger partial charge in [-0.05, 0) is 18.4 Å². The van der Waals surface area contributed by atoms with Crippen LogP contribution in [0.4, 0.5) is 5.13 Å². The lowest BCUT2D eigenvalue weighted by Crippen LogP contribution is -2.38. The molecule has 0 saturated carbocycles. The first-order chi connectivity index (χ1) is 10.6. The van der Waals surface area contributed by atoms with Crippen molar-refractivity contribution in [2.24, 2.45) is 0 Å². The molecule has 1 aliphatic heterocycles. The van der Waals surface area contributed by atoms with Crippen LogP contribution in [-0.2, 0) is 16.4 Å². The lowest BCUT2D eigenvalue weighted by molar-refractivity contribution is 0.560. The molecule has 1 fully saturated rings. The van der Waals surface area contributed by atoms with Gasteiger partial charge in [0.05, 0.1) is 5.75 Å². The molecule has 0 spiro atoms. The average Bonchev–Trinajstić information content (AvgIpc) is 3.17. The Kier molecular flexibility index (Phi) is 4.75. The van der Waals surface area contributed by atoms with Crippen LogP contribution in [0.15, 0.2) is 41.9 Å². The van der Waals surface area contributed by atoms with Crippen LogP contribution in [0.5, 0.6) is 0 Å². The molecule has 1 aliphatic rings. The van der Waals surface area contributed by atoms with Gasteiger partial charge in [-0.3, -0.25) is 0 Å². The Bertz CT molecular complexity index is 687. The molecule has 0 radical (unpaired) electrons. The molecule has 1 unspecified atom stereocenters. The fraction of sp³-hybridized carbons (Fsp3) is 0.400. The third-order valence-electron chi connectivity index (χ3n) is 3.73. The summed E-state index contributed by atoms with van der Waals surface area (Å²) in [6.45, 7) is 1.54. The van der Waals surface area contributed by atoms with E-state index in [9.17, 15) is 8.42 Å². The third-order valence-corrected chi connectivity index (χ3v) is 5.99. The fourth-order valence-electron chi connectivity index (χ4n) is 2.61. The molecule has 1 atom stereocenters. The number of hydrogen-bond donors (Lipinski definition) is 1. The second-order valence-corrected chi connectivity index (χ2v) is 8.17. The van der Waals surface area contributed by atoms with Gasteiger partial charge < -0.3 is 4.90 Å². The molecule has 1 saturated heterocycles. The van der Waals surface area contributed by atoms with Crippen molar-refractivity contribution in [3.05, 3.63) is 47.5 Å². The van der Waals surface area contributed by atoms with Crippen molar-refractivity contribution in [3.63, 3.8) is 0 Å². The minimum atomic E-state index is -3.25. The predicted molar refractivity (Wildman–Crippen MR) is 89.8 cm³/mol. The second kappa shape index (κ2) is 6.76. The molecular formula is C15H19N3O2S2. The molecule has 118 valence electrons. The summed E-state index contributed by atoms with van der Waals surface area (Å²) < 4.78 is 27.2. The lowest BCUT2D eigenvalue weighted by atomic mass is 10.2. The first kappa shape index (κ1) is 15.5.